The highest BCUT2D eigenvalue weighted by Gasteiger charge is 2.69. The number of aryl methyl sites for hydroxylation is 1. The molecular formula is C61H65Cl4FN8O11S2. The van der Waals surface area contributed by atoms with Gasteiger partial charge in [-0.05, 0) is 173 Å². The number of rotatable bonds is 14. The Balaban J connectivity index is 0.000000208. The number of halogens is 5. The molecule has 3 heterocycles. The number of anilines is 4. The molecule has 1 aromatic heterocycles. The number of nitrogens with zero attached hydrogens (tertiary/aromatic N) is 4. The van der Waals surface area contributed by atoms with E-state index in [0.717, 1.165) is 68.1 Å². The van der Waals surface area contributed by atoms with E-state index in [-0.39, 0.29) is 49.0 Å². The number of benzene rings is 6. The van der Waals surface area contributed by atoms with Crippen molar-refractivity contribution in [3.63, 3.8) is 0 Å². The van der Waals surface area contributed by atoms with Gasteiger partial charge in [0.25, 0.3) is 5.91 Å². The van der Waals surface area contributed by atoms with Crippen LogP contribution in [0.4, 0.5) is 27.1 Å². The van der Waals surface area contributed by atoms with Crippen LogP contribution in [0.5, 0.6) is 0 Å². The smallest absolute Gasteiger partial charge is 0.339 e. The van der Waals surface area contributed by atoms with Gasteiger partial charge in [-0.1, -0.05) is 70.7 Å². The van der Waals surface area contributed by atoms with E-state index in [1.807, 2.05) is 11.0 Å². The maximum atomic E-state index is 14.6. The maximum Gasteiger partial charge on any atom is 0.339 e. The SMILES string of the molecule is COC(=O)c1ccc(N)cc1Cl.CS(=O)(=O)Nc1ccc(C(=O)O)c(Cl)c1.Cc1nc2ccccc2n1C1CC2N(CCCC3(c4cccc(F)c4)CCN(C(=O)c4ccc(NS(C)(=O)=O)cc4Cl)CC3)C3CCC32C1.Nc1ccc(C(=O)O)c(Cl)c1. The summed E-state index contributed by atoms with van der Waals surface area (Å²) in [5.74, 6) is -1.97. The van der Waals surface area contributed by atoms with Gasteiger partial charge in [-0.25, -0.2) is 40.6 Å². The minimum absolute atomic E-state index is 0.0175. The summed E-state index contributed by atoms with van der Waals surface area (Å²) in [5.41, 5.74) is 16.5. The summed E-state index contributed by atoms with van der Waals surface area (Å²) in [6, 6.07) is 34.6. The third-order valence-electron chi connectivity index (χ3n) is 16.4. The number of methoxy groups -OCH3 is 1. The maximum absolute atomic E-state index is 14.6. The highest BCUT2D eigenvalue weighted by molar-refractivity contribution is 7.92. The molecule has 4 atom stereocenters. The van der Waals surface area contributed by atoms with Crippen LogP contribution < -0.4 is 20.9 Å². The lowest BCUT2D eigenvalue weighted by molar-refractivity contribution is -0.188. The van der Waals surface area contributed by atoms with Crippen LogP contribution in [0.25, 0.3) is 11.0 Å². The minimum atomic E-state index is -3.47. The molecule has 7 aromatic rings. The van der Waals surface area contributed by atoms with Crippen LogP contribution in [0.1, 0.15) is 110 Å². The number of ether oxygens (including phenoxy) is 1. The number of carbonyl (C=O) groups excluding carboxylic acids is 2. The average Bonchev–Trinajstić information content (AvgIpc) is 1.60. The zero-order chi connectivity index (χ0) is 63.3. The Morgan fingerprint density at radius 2 is 1.24 bits per heavy atom. The summed E-state index contributed by atoms with van der Waals surface area (Å²) in [5, 5.41) is 17.9. The van der Waals surface area contributed by atoms with Crippen LogP contribution >= 0.6 is 46.4 Å². The van der Waals surface area contributed by atoms with E-state index >= 15 is 0 Å². The van der Waals surface area contributed by atoms with Gasteiger partial charge in [0.15, 0.2) is 0 Å². The molecule has 26 heteroatoms. The number of carboxylic acid groups (broad SMARTS) is 2. The van der Waals surface area contributed by atoms with Crippen molar-refractivity contribution in [3.8, 4) is 0 Å². The predicted molar refractivity (Wildman–Crippen MR) is 338 cm³/mol. The second kappa shape index (κ2) is 27.1. The molecule has 1 spiro atoms. The third kappa shape index (κ3) is 15.4. The van der Waals surface area contributed by atoms with Crippen LogP contribution in [0.3, 0.4) is 0 Å². The molecule has 0 bridgehead atoms. The molecule has 87 heavy (non-hydrogen) atoms. The van der Waals surface area contributed by atoms with Crippen molar-refractivity contribution in [2.75, 3.05) is 60.2 Å². The first-order valence-electron chi connectivity index (χ1n) is 27.5. The van der Waals surface area contributed by atoms with E-state index in [0.29, 0.717) is 69.8 Å². The number of nitrogens with one attached hydrogen (secondary N) is 2. The molecule has 19 nitrogen and oxygen atoms in total. The number of carboxylic acids is 2. The highest BCUT2D eigenvalue weighted by Crippen LogP contribution is 2.67. The summed E-state index contributed by atoms with van der Waals surface area (Å²) < 4.78 is 71.2. The van der Waals surface area contributed by atoms with Crippen molar-refractivity contribution in [2.45, 2.75) is 81.8 Å². The van der Waals surface area contributed by atoms with Crippen molar-refractivity contribution >= 4 is 124 Å². The van der Waals surface area contributed by atoms with Crippen molar-refractivity contribution in [1.82, 2.24) is 19.4 Å². The summed E-state index contributed by atoms with van der Waals surface area (Å²) in [6.45, 7) is 4.25. The van der Waals surface area contributed by atoms with Crippen molar-refractivity contribution in [1.29, 1.82) is 0 Å². The highest BCUT2D eigenvalue weighted by atomic mass is 35.5. The van der Waals surface area contributed by atoms with E-state index in [4.69, 9.17) is 73.1 Å². The number of fused-ring (bicyclic) bond motifs is 1. The molecule has 4 fully saturated rings. The van der Waals surface area contributed by atoms with Crippen molar-refractivity contribution < 1.29 is 55.4 Å². The summed E-state index contributed by atoms with van der Waals surface area (Å²) >= 11 is 23.4. The molecule has 2 aliphatic heterocycles. The summed E-state index contributed by atoms with van der Waals surface area (Å²) in [7, 11) is -5.55. The van der Waals surface area contributed by atoms with Gasteiger partial charge in [-0.15, -0.1) is 0 Å². The largest absolute Gasteiger partial charge is 0.478 e. The molecule has 2 saturated heterocycles. The Bertz CT molecular complexity index is 4000. The molecule has 0 radical (unpaired) electrons. The van der Waals surface area contributed by atoms with Gasteiger partial charge >= 0.3 is 17.9 Å². The zero-order valence-corrected chi connectivity index (χ0v) is 52.4. The number of para-hydroxylation sites is 2. The Hall–Kier alpha value is -7.18. The van der Waals surface area contributed by atoms with Gasteiger partial charge in [0.2, 0.25) is 20.0 Å². The molecule has 1 amide bonds. The zero-order valence-electron chi connectivity index (χ0n) is 47.8. The number of aromatic carboxylic acids is 2. The number of imidazole rings is 1. The summed E-state index contributed by atoms with van der Waals surface area (Å²) in [4.78, 5) is 55.1. The number of esters is 1. The number of nitrogens with two attached hydrogens (primary N) is 2. The molecule has 462 valence electrons. The number of nitrogen functional groups attached to an aromatic ring is 2. The number of likely N-dealkylation sites (tertiary alicyclic amines) is 2. The molecule has 4 unspecified atom stereocenters. The number of sulfonamides is 2. The number of carbonyl (C=O) groups is 4. The third-order valence-corrected chi connectivity index (χ3v) is 18.9. The van der Waals surface area contributed by atoms with Gasteiger partial charge < -0.3 is 35.9 Å². The average molecular weight is 1310 g/mol. The quantitative estimate of drug-likeness (QED) is 0.0436. The Morgan fingerprint density at radius 1 is 0.701 bits per heavy atom. The first-order valence-corrected chi connectivity index (χ1v) is 32.8. The lowest BCUT2D eigenvalue weighted by Crippen LogP contribution is -2.74. The monoisotopic (exact) mass is 1310 g/mol. The molecule has 11 rings (SSSR count). The first-order chi connectivity index (χ1) is 41.0. The Morgan fingerprint density at radius 3 is 1.75 bits per heavy atom. The molecule has 8 N–H and O–H groups in total. The number of hydrogen-bond acceptors (Lipinski definition) is 13. The molecular weight excluding hydrogens is 1250 g/mol. The topological polar surface area (TPSA) is 287 Å². The van der Waals surface area contributed by atoms with Gasteiger partial charge in [0, 0.05) is 59.4 Å². The number of hydrogen-bond donors (Lipinski definition) is 6. The van der Waals surface area contributed by atoms with Crippen LogP contribution in [0.15, 0.2) is 121 Å². The molecule has 2 saturated carbocycles. The first kappa shape index (κ1) is 65.8. The predicted octanol–water partition coefficient (Wildman–Crippen LogP) is 12.1. The van der Waals surface area contributed by atoms with Gasteiger partial charge in [-0.2, -0.15) is 0 Å². The van der Waals surface area contributed by atoms with Crippen LogP contribution in [-0.2, 0) is 30.2 Å². The van der Waals surface area contributed by atoms with E-state index in [1.54, 1.807) is 30.3 Å². The fourth-order valence-electron chi connectivity index (χ4n) is 12.5. The second-order valence-electron chi connectivity index (χ2n) is 22.1. The van der Waals surface area contributed by atoms with Gasteiger partial charge in [0.1, 0.15) is 11.6 Å². The Kier molecular flexibility index (Phi) is 20.5. The number of piperidine rings is 2. The normalized spacial score (nSPS) is 19.1. The molecule has 2 aliphatic carbocycles. The van der Waals surface area contributed by atoms with Crippen LogP contribution in [0.2, 0.25) is 20.1 Å². The van der Waals surface area contributed by atoms with E-state index in [1.165, 1.54) is 92.6 Å². The fourth-order valence-corrected chi connectivity index (χ4v) is 14.7. The Labute approximate surface area is 523 Å². The van der Waals surface area contributed by atoms with E-state index in [2.05, 4.69) is 54.8 Å². The van der Waals surface area contributed by atoms with Crippen LogP contribution in [-0.4, -0.2) is 122 Å². The standard InChI is InChI=1S/C38H43ClFN5O3S.C8H8ClNO4S.C8H8ClNO2.C7H6ClNO2/c1-25-41-32-9-3-4-10-33(32)45(25)29-23-35-38(24-29)15-13-34(38)44(35)18-6-14-37(26-7-5-8-27(40)21-26)16-19-43(20-17-37)36(46)30-12-11-28(22-31(30)39)42-49(2,47)48;1-15(13,14)10-5-2-3-6(8(11)12)7(9)4-5;1-12-8(11)6-3-2-5(10)4-7(6)9;8-6-3-4(9)1-2-5(6)7(10)11/h3-5,7-12,21-22,29,34-35,42H,6,13-20,23-24H2,1-2H3;2-4,10H,1H3,(H,11,12);2-4H,10H2,1H3;1-3H,9H2,(H,10,11). The second-order valence-corrected chi connectivity index (χ2v) is 27.2. The minimum Gasteiger partial charge on any atom is -0.478 e. The van der Waals surface area contributed by atoms with Gasteiger partial charge in [-0.3, -0.25) is 19.1 Å². The van der Waals surface area contributed by atoms with Crippen molar-refractivity contribution in [3.05, 3.63) is 181 Å². The lowest BCUT2D eigenvalue weighted by Gasteiger charge is -2.68. The summed E-state index contributed by atoms with van der Waals surface area (Å²) in [6.07, 6.45) is 10.5. The van der Waals surface area contributed by atoms with E-state index < -0.39 is 38.0 Å². The molecule has 4 aliphatic rings. The van der Waals surface area contributed by atoms with Gasteiger partial charge in [0.05, 0.1) is 73.0 Å². The fraction of sp³-hybridized carbons (Fsp3) is 0.328. The number of aromatic nitrogens is 2. The van der Waals surface area contributed by atoms with Crippen molar-refractivity contribution in [2.24, 2.45) is 5.41 Å². The lowest BCUT2D eigenvalue weighted by atomic mass is 9.53. The van der Waals surface area contributed by atoms with E-state index in [9.17, 15) is 40.4 Å². The van der Waals surface area contributed by atoms with Crippen LogP contribution in [0, 0.1) is 18.2 Å². The number of amides is 1. The molecule has 6 aromatic carbocycles.